The fourth-order valence-corrected chi connectivity index (χ4v) is 4.12. The summed E-state index contributed by atoms with van der Waals surface area (Å²) in [4.78, 5) is 7.50. The zero-order valence-electron chi connectivity index (χ0n) is 15.7. The SMILES string of the molecule is Cn1cc(CN2CCCC(c3cccc(Cc4ccccc4Cl)n3)C2)cn1. The lowest BCUT2D eigenvalue weighted by molar-refractivity contribution is 0.198. The molecule has 2 aromatic heterocycles. The van der Waals surface area contributed by atoms with Crippen molar-refractivity contribution in [2.24, 2.45) is 7.05 Å². The number of halogens is 1. The summed E-state index contributed by atoms with van der Waals surface area (Å²) in [5, 5.41) is 5.09. The number of hydrogen-bond donors (Lipinski definition) is 0. The van der Waals surface area contributed by atoms with E-state index in [2.05, 4.69) is 40.5 Å². The van der Waals surface area contributed by atoms with E-state index in [9.17, 15) is 0 Å². The maximum absolute atomic E-state index is 6.32. The first-order valence-electron chi connectivity index (χ1n) is 9.56. The van der Waals surface area contributed by atoms with Crippen LogP contribution in [0.5, 0.6) is 0 Å². The molecule has 0 aliphatic carbocycles. The van der Waals surface area contributed by atoms with Gasteiger partial charge in [0.25, 0.3) is 0 Å². The Morgan fingerprint density at radius 1 is 1.15 bits per heavy atom. The van der Waals surface area contributed by atoms with Crippen molar-refractivity contribution >= 4 is 11.6 Å². The summed E-state index contributed by atoms with van der Waals surface area (Å²) < 4.78 is 1.87. The molecule has 1 fully saturated rings. The van der Waals surface area contributed by atoms with Crippen LogP contribution >= 0.6 is 11.6 Å². The van der Waals surface area contributed by atoms with E-state index in [0.717, 1.165) is 42.3 Å². The lowest BCUT2D eigenvalue weighted by Gasteiger charge is -2.32. The van der Waals surface area contributed by atoms with Crippen molar-refractivity contribution in [1.29, 1.82) is 0 Å². The van der Waals surface area contributed by atoms with Crippen LogP contribution in [0.15, 0.2) is 54.9 Å². The molecule has 4 rings (SSSR count). The van der Waals surface area contributed by atoms with E-state index in [1.165, 1.54) is 24.1 Å². The summed E-state index contributed by atoms with van der Waals surface area (Å²) in [5.41, 5.74) is 4.70. The molecule has 0 bridgehead atoms. The van der Waals surface area contributed by atoms with Gasteiger partial charge in [-0.05, 0) is 43.1 Å². The van der Waals surface area contributed by atoms with E-state index >= 15 is 0 Å². The standard InChI is InChI=1S/C22H25ClN4/c1-26-14-17(13-24-26)15-27-11-5-7-19(16-27)22-10-4-8-20(25-22)12-18-6-2-3-9-21(18)23/h2-4,6,8-10,13-14,19H,5,7,11-12,15-16H2,1H3. The summed E-state index contributed by atoms with van der Waals surface area (Å²) >= 11 is 6.32. The highest BCUT2D eigenvalue weighted by Crippen LogP contribution is 2.27. The third-order valence-corrected chi connectivity index (χ3v) is 5.61. The van der Waals surface area contributed by atoms with E-state index in [4.69, 9.17) is 16.6 Å². The number of pyridine rings is 1. The predicted octanol–water partition coefficient (Wildman–Crippen LogP) is 4.44. The van der Waals surface area contributed by atoms with E-state index in [1.54, 1.807) is 0 Å². The van der Waals surface area contributed by atoms with Crippen molar-refractivity contribution < 1.29 is 0 Å². The smallest absolute Gasteiger partial charge is 0.0534 e. The molecule has 3 heterocycles. The van der Waals surface area contributed by atoms with Gasteiger partial charge in [0.1, 0.15) is 0 Å². The first kappa shape index (κ1) is 18.2. The monoisotopic (exact) mass is 380 g/mol. The number of likely N-dealkylation sites (tertiary alicyclic amines) is 1. The summed E-state index contributed by atoms with van der Waals surface area (Å²) in [6.07, 6.45) is 7.26. The minimum absolute atomic E-state index is 0.488. The molecule has 140 valence electrons. The third-order valence-electron chi connectivity index (χ3n) is 5.25. The molecule has 1 saturated heterocycles. The first-order valence-corrected chi connectivity index (χ1v) is 9.94. The highest BCUT2D eigenvalue weighted by molar-refractivity contribution is 6.31. The quantitative estimate of drug-likeness (QED) is 0.656. The zero-order valence-corrected chi connectivity index (χ0v) is 16.4. The van der Waals surface area contributed by atoms with Gasteiger partial charge >= 0.3 is 0 Å². The van der Waals surface area contributed by atoms with Crippen LogP contribution in [-0.2, 0) is 20.0 Å². The van der Waals surface area contributed by atoms with Gasteiger partial charge in [0, 0.05) is 60.6 Å². The van der Waals surface area contributed by atoms with Gasteiger partial charge in [-0.2, -0.15) is 5.10 Å². The molecule has 0 N–H and O–H groups in total. The first-order chi connectivity index (χ1) is 13.2. The fraction of sp³-hybridized carbons (Fsp3) is 0.364. The summed E-state index contributed by atoms with van der Waals surface area (Å²) in [7, 11) is 1.97. The fourth-order valence-electron chi connectivity index (χ4n) is 3.91. The normalized spacial score (nSPS) is 17.9. The second kappa shape index (κ2) is 8.24. The molecule has 0 amide bonds. The van der Waals surface area contributed by atoms with Crippen molar-refractivity contribution in [2.45, 2.75) is 31.7 Å². The molecule has 1 atom stereocenters. The number of nitrogens with zero attached hydrogens (tertiary/aromatic N) is 4. The van der Waals surface area contributed by atoms with Crippen LogP contribution in [0.1, 0.15) is 41.3 Å². The van der Waals surface area contributed by atoms with Crippen LogP contribution in [0.2, 0.25) is 5.02 Å². The van der Waals surface area contributed by atoms with Crippen molar-refractivity contribution in [1.82, 2.24) is 19.7 Å². The predicted molar refractivity (Wildman–Crippen MR) is 109 cm³/mol. The van der Waals surface area contributed by atoms with Crippen LogP contribution in [-0.4, -0.2) is 32.8 Å². The molecule has 0 spiro atoms. The van der Waals surface area contributed by atoms with E-state index < -0.39 is 0 Å². The van der Waals surface area contributed by atoms with Crippen LogP contribution in [0.4, 0.5) is 0 Å². The Hall–Kier alpha value is -2.17. The van der Waals surface area contributed by atoms with E-state index in [1.807, 2.05) is 36.1 Å². The average Bonchev–Trinajstić information content (AvgIpc) is 3.09. The van der Waals surface area contributed by atoms with Gasteiger partial charge in [-0.1, -0.05) is 35.9 Å². The topological polar surface area (TPSA) is 34.0 Å². The maximum Gasteiger partial charge on any atom is 0.0534 e. The van der Waals surface area contributed by atoms with Crippen LogP contribution in [0.25, 0.3) is 0 Å². The number of rotatable bonds is 5. The average molecular weight is 381 g/mol. The maximum atomic E-state index is 6.32. The molecule has 1 aliphatic heterocycles. The van der Waals surface area contributed by atoms with Gasteiger partial charge in [-0.15, -0.1) is 0 Å². The Labute approximate surface area is 165 Å². The van der Waals surface area contributed by atoms with Gasteiger partial charge in [0.15, 0.2) is 0 Å². The number of hydrogen-bond acceptors (Lipinski definition) is 3. The van der Waals surface area contributed by atoms with Crippen molar-refractivity contribution in [2.75, 3.05) is 13.1 Å². The molecule has 0 radical (unpaired) electrons. The molecule has 1 aromatic carbocycles. The second-order valence-corrected chi connectivity index (χ2v) is 7.83. The lowest BCUT2D eigenvalue weighted by Crippen LogP contribution is -2.34. The van der Waals surface area contributed by atoms with Crippen molar-refractivity contribution in [3.63, 3.8) is 0 Å². The highest BCUT2D eigenvalue weighted by Gasteiger charge is 2.23. The van der Waals surface area contributed by atoms with Gasteiger partial charge in [-0.3, -0.25) is 14.6 Å². The van der Waals surface area contributed by atoms with E-state index in [0.29, 0.717) is 5.92 Å². The highest BCUT2D eigenvalue weighted by atomic mass is 35.5. The lowest BCUT2D eigenvalue weighted by atomic mass is 9.93. The summed E-state index contributed by atoms with van der Waals surface area (Å²) in [6, 6.07) is 14.4. The Morgan fingerprint density at radius 3 is 2.85 bits per heavy atom. The van der Waals surface area contributed by atoms with Gasteiger partial charge in [0.05, 0.1) is 6.20 Å². The molecule has 27 heavy (non-hydrogen) atoms. The second-order valence-electron chi connectivity index (χ2n) is 7.42. The minimum atomic E-state index is 0.488. The minimum Gasteiger partial charge on any atom is -0.298 e. The summed E-state index contributed by atoms with van der Waals surface area (Å²) in [5.74, 6) is 0.488. The number of piperidine rings is 1. The molecule has 0 saturated carbocycles. The molecule has 1 unspecified atom stereocenters. The van der Waals surface area contributed by atoms with Crippen LogP contribution in [0.3, 0.4) is 0 Å². The van der Waals surface area contributed by atoms with Gasteiger partial charge < -0.3 is 0 Å². The van der Waals surface area contributed by atoms with Crippen molar-refractivity contribution in [3.8, 4) is 0 Å². The Morgan fingerprint density at radius 2 is 2.04 bits per heavy atom. The van der Waals surface area contributed by atoms with Gasteiger partial charge in [0.2, 0.25) is 0 Å². The number of aryl methyl sites for hydroxylation is 1. The molecular weight excluding hydrogens is 356 g/mol. The summed E-state index contributed by atoms with van der Waals surface area (Å²) in [6.45, 7) is 3.16. The Kier molecular flexibility index (Phi) is 5.55. The molecule has 5 heteroatoms. The molecule has 4 nitrogen and oxygen atoms in total. The van der Waals surface area contributed by atoms with E-state index in [-0.39, 0.29) is 0 Å². The third kappa shape index (κ3) is 4.57. The van der Waals surface area contributed by atoms with Crippen LogP contribution in [0, 0.1) is 0 Å². The Bertz CT molecular complexity index is 905. The molecular formula is C22H25ClN4. The Balaban J connectivity index is 1.45. The molecule has 3 aromatic rings. The van der Waals surface area contributed by atoms with Crippen LogP contribution < -0.4 is 0 Å². The molecule has 1 aliphatic rings. The van der Waals surface area contributed by atoms with Gasteiger partial charge in [-0.25, -0.2) is 0 Å². The number of benzene rings is 1. The largest absolute Gasteiger partial charge is 0.298 e. The van der Waals surface area contributed by atoms with Crippen molar-refractivity contribution in [3.05, 3.63) is 82.4 Å². The number of aromatic nitrogens is 3. The zero-order chi connectivity index (χ0) is 18.6.